The fraction of sp³-hybridized carbons (Fsp3) is 0.0370. The fourth-order valence-electron chi connectivity index (χ4n) is 3.94. The third-order valence-corrected chi connectivity index (χ3v) is 5.37. The van der Waals surface area contributed by atoms with E-state index in [9.17, 15) is 0 Å². The Morgan fingerprint density at radius 2 is 1.53 bits per heavy atom. The van der Waals surface area contributed by atoms with Crippen molar-refractivity contribution >= 4 is 35.2 Å². The molecule has 142 valence electrons. The number of nitrogens with zero attached hydrogens (tertiary/aromatic N) is 1. The third kappa shape index (κ3) is 3.68. The molecule has 1 aliphatic heterocycles. The lowest BCUT2D eigenvalue weighted by Gasteiger charge is -2.35. The van der Waals surface area contributed by atoms with Gasteiger partial charge in [0.2, 0.25) is 0 Å². The largest absolute Gasteiger partial charge is 0.463 e. The van der Waals surface area contributed by atoms with Crippen LogP contribution in [0.5, 0.6) is 0 Å². The average Bonchev–Trinajstić information content (AvgIpc) is 2.80. The van der Waals surface area contributed by atoms with Gasteiger partial charge in [-0.2, -0.15) is 0 Å². The molecule has 3 heteroatoms. The molecule has 1 aliphatic rings. The zero-order valence-corrected chi connectivity index (χ0v) is 16.6. The van der Waals surface area contributed by atoms with E-state index in [4.69, 9.17) is 0 Å². The molecule has 4 aromatic rings. The smallest absolute Gasteiger partial charge is 0.398 e. The van der Waals surface area contributed by atoms with Crippen LogP contribution in [-0.2, 0) is 6.54 Å². The number of allylic oxidation sites excluding steroid dienone is 1. The van der Waals surface area contributed by atoms with Crippen LogP contribution in [0, 0.1) is 11.7 Å². The second-order valence-electron chi connectivity index (χ2n) is 7.37. The molecule has 0 fully saturated rings. The van der Waals surface area contributed by atoms with Crippen molar-refractivity contribution in [2.24, 2.45) is 0 Å². The van der Waals surface area contributed by atoms with Crippen molar-refractivity contribution in [1.82, 2.24) is 0 Å². The van der Waals surface area contributed by atoms with Gasteiger partial charge in [0.1, 0.15) is 0 Å². The molecule has 1 N–H and O–H groups in total. The highest BCUT2D eigenvalue weighted by atomic mass is 15.2. The molecular weight excluding hydrogens is 363 g/mol. The predicted octanol–water partition coefficient (Wildman–Crippen LogP) is 6.02. The predicted molar refractivity (Wildman–Crippen MR) is 129 cm³/mol. The Hall–Kier alpha value is -3.90. The summed E-state index contributed by atoms with van der Waals surface area (Å²) in [6.07, 6.45) is 3.98. The van der Waals surface area contributed by atoms with E-state index >= 15 is 0 Å². The first kappa shape index (κ1) is 18.2. The average molecular weight is 384 g/mol. The minimum absolute atomic E-state index is 0.105. The highest BCUT2D eigenvalue weighted by Crippen LogP contribution is 2.37. The Morgan fingerprint density at radius 1 is 0.800 bits per heavy atom. The number of nitrogens with one attached hydrogen (secondary N) is 1. The lowest BCUT2D eigenvalue weighted by atomic mass is 9.71. The summed E-state index contributed by atoms with van der Waals surface area (Å²) in [5, 5.41) is 6.15. The summed E-state index contributed by atoms with van der Waals surface area (Å²) in [5.74, 6) is 6.67. The van der Waals surface area contributed by atoms with Crippen molar-refractivity contribution in [2.75, 3.05) is 10.0 Å². The van der Waals surface area contributed by atoms with E-state index in [1.54, 1.807) is 0 Å². The SMILES string of the molecule is C(#CB1Nc2cccc3cccc(c23)N1Cc1ccccc1)/C=C/c1ccccc1. The first-order valence-electron chi connectivity index (χ1n) is 10.2. The van der Waals surface area contributed by atoms with Crippen molar-refractivity contribution in [1.29, 1.82) is 0 Å². The van der Waals surface area contributed by atoms with Gasteiger partial charge >= 0.3 is 6.98 Å². The Labute approximate surface area is 178 Å². The van der Waals surface area contributed by atoms with Crippen LogP contribution < -0.4 is 10.0 Å². The van der Waals surface area contributed by atoms with E-state index in [1.807, 2.05) is 30.4 Å². The van der Waals surface area contributed by atoms with Gasteiger partial charge in [-0.25, -0.2) is 0 Å². The van der Waals surface area contributed by atoms with Gasteiger partial charge in [-0.05, 0) is 40.8 Å². The lowest BCUT2D eigenvalue weighted by Crippen LogP contribution is -2.47. The molecule has 0 radical (unpaired) electrons. The van der Waals surface area contributed by atoms with E-state index in [-0.39, 0.29) is 6.98 Å². The molecule has 5 rings (SSSR count). The van der Waals surface area contributed by atoms with Crippen LogP contribution in [-0.4, -0.2) is 6.98 Å². The Kier molecular flexibility index (Phi) is 4.98. The van der Waals surface area contributed by atoms with Crippen molar-refractivity contribution in [2.45, 2.75) is 6.54 Å². The minimum atomic E-state index is -0.105. The number of benzene rings is 4. The van der Waals surface area contributed by atoms with E-state index in [0.717, 1.165) is 17.8 Å². The van der Waals surface area contributed by atoms with Gasteiger partial charge < -0.3 is 10.0 Å². The van der Waals surface area contributed by atoms with E-state index in [0.29, 0.717) is 0 Å². The van der Waals surface area contributed by atoms with E-state index in [1.165, 1.54) is 22.0 Å². The topological polar surface area (TPSA) is 15.3 Å². The number of hydrogen-bond acceptors (Lipinski definition) is 2. The quantitative estimate of drug-likeness (QED) is 0.343. The van der Waals surface area contributed by atoms with Gasteiger partial charge in [0.25, 0.3) is 0 Å². The van der Waals surface area contributed by atoms with Gasteiger partial charge in [0.05, 0.1) is 0 Å². The summed E-state index contributed by atoms with van der Waals surface area (Å²) in [4.78, 5) is 2.36. The van der Waals surface area contributed by atoms with Crippen LogP contribution in [0.3, 0.4) is 0 Å². The summed E-state index contributed by atoms with van der Waals surface area (Å²) in [7, 11) is 0. The molecule has 0 saturated carbocycles. The maximum Gasteiger partial charge on any atom is 0.463 e. The van der Waals surface area contributed by atoms with Gasteiger partial charge in [-0.15, -0.1) is 0 Å². The van der Waals surface area contributed by atoms with Crippen molar-refractivity contribution in [3.05, 3.63) is 114 Å². The Balaban J connectivity index is 1.51. The monoisotopic (exact) mass is 384 g/mol. The molecule has 2 nitrogen and oxygen atoms in total. The molecule has 0 aliphatic carbocycles. The number of rotatable bonds is 3. The van der Waals surface area contributed by atoms with Crippen molar-refractivity contribution < 1.29 is 0 Å². The maximum atomic E-state index is 3.65. The second kappa shape index (κ2) is 8.23. The number of hydrogen-bond donors (Lipinski definition) is 1. The third-order valence-electron chi connectivity index (χ3n) is 5.37. The van der Waals surface area contributed by atoms with Crippen molar-refractivity contribution in [3.8, 4) is 11.7 Å². The minimum Gasteiger partial charge on any atom is -0.398 e. The lowest BCUT2D eigenvalue weighted by molar-refractivity contribution is 1.03. The Morgan fingerprint density at radius 3 is 2.33 bits per heavy atom. The molecule has 0 amide bonds. The Bertz CT molecular complexity index is 1250. The van der Waals surface area contributed by atoms with Crippen LogP contribution >= 0.6 is 0 Å². The van der Waals surface area contributed by atoms with Gasteiger partial charge in [0, 0.05) is 23.3 Å². The molecule has 0 aromatic heterocycles. The molecule has 0 spiro atoms. The van der Waals surface area contributed by atoms with E-state index in [2.05, 4.69) is 101 Å². The molecule has 30 heavy (non-hydrogen) atoms. The highest BCUT2D eigenvalue weighted by Gasteiger charge is 2.30. The highest BCUT2D eigenvalue weighted by molar-refractivity contribution is 6.76. The summed E-state index contributed by atoms with van der Waals surface area (Å²) < 4.78 is 0. The summed E-state index contributed by atoms with van der Waals surface area (Å²) in [6, 6.07) is 33.7. The van der Waals surface area contributed by atoms with Crippen LogP contribution in [0.1, 0.15) is 11.1 Å². The fourth-order valence-corrected chi connectivity index (χ4v) is 3.94. The van der Waals surface area contributed by atoms with Crippen LogP contribution in [0.2, 0.25) is 0 Å². The summed E-state index contributed by atoms with van der Waals surface area (Å²) in [6.45, 7) is 0.689. The zero-order chi connectivity index (χ0) is 20.2. The maximum absolute atomic E-state index is 3.65. The molecule has 4 aromatic carbocycles. The van der Waals surface area contributed by atoms with Crippen LogP contribution in [0.4, 0.5) is 11.4 Å². The molecule has 1 heterocycles. The second-order valence-corrected chi connectivity index (χ2v) is 7.37. The summed E-state index contributed by atoms with van der Waals surface area (Å²) >= 11 is 0. The van der Waals surface area contributed by atoms with Gasteiger partial charge in [-0.1, -0.05) is 96.7 Å². The van der Waals surface area contributed by atoms with Crippen LogP contribution in [0.15, 0.2) is 103 Å². The molecule has 0 bridgehead atoms. The number of anilines is 2. The molecule has 0 unspecified atom stereocenters. The van der Waals surface area contributed by atoms with Gasteiger partial charge in [-0.3, -0.25) is 0 Å². The van der Waals surface area contributed by atoms with Gasteiger partial charge in [0.15, 0.2) is 0 Å². The van der Waals surface area contributed by atoms with E-state index < -0.39 is 0 Å². The van der Waals surface area contributed by atoms with Crippen LogP contribution in [0.25, 0.3) is 16.8 Å². The summed E-state index contributed by atoms with van der Waals surface area (Å²) in [5.41, 5.74) is 4.78. The van der Waals surface area contributed by atoms with Crippen molar-refractivity contribution in [3.63, 3.8) is 0 Å². The first-order valence-corrected chi connectivity index (χ1v) is 10.2. The standard InChI is InChI=1S/C27H21BN2/c1-3-11-22(12-4-1)13-7-8-20-28-29-25-18-9-16-24-17-10-19-26(27(24)25)30(28)21-23-14-5-2-6-15-23/h1-7,9-19,29H,21H2/b13-7+. The molecular formula is C27H21BN2. The molecule has 0 saturated heterocycles. The molecule has 0 atom stereocenters. The normalized spacial score (nSPS) is 12.5. The zero-order valence-electron chi connectivity index (χ0n) is 16.6. The first-order chi connectivity index (χ1) is 14.9.